The van der Waals surface area contributed by atoms with Crippen LogP contribution in [0.3, 0.4) is 0 Å². The van der Waals surface area contributed by atoms with E-state index in [1.165, 1.54) is 36.3 Å². The molecule has 1 aromatic heterocycles. The third-order valence-electron chi connectivity index (χ3n) is 3.06. The number of thioether (sulfide) groups is 1. The number of fused-ring (bicyclic) bond motifs is 1. The first-order valence-corrected chi connectivity index (χ1v) is 8.18. The number of halogens is 1. The second kappa shape index (κ2) is 6.13. The Morgan fingerprint density at radius 3 is 3.10 bits per heavy atom. The molecule has 3 rings (SSSR count). The first-order chi connectivity index (χ1) is 10.2. The Kier molecular flexibility index (Phi) is 4.23. The van der Waals surface area contributed by atoms with Crippen LogP contribution in [0.4, 0.5) is 4.39 Å². The number of ether oxygens (including phenoxy) is 1. The summed E-state index contributed by atoms with van der Waals surface area (Å²) >= 11 is 2.79. The molecule has 0 saturated carbocycles. The highest BCUT2D eigenvalue weighted by Gasteiger charge is 2.22. The van der Waals surface area contributed by atoms with Crippen molar-refractivity contribution in [1.82, 2.24) is 5.32 Å². The predicted molar refractivity (Wildman–Crippen MR) is 84.7 cm³/mol. The Morgan fingerprint density at radius 1 is 1.52 bits per heavy atom. The van der Waals surface area contributed by atoms with Gasteiger partial charge in [0.05, 0.1) is 18.0 Å². The monoisotopic (exact) mass is 324 g/mol. The molecular formula is C14H13FN2O2S2. The third-order valence-corrected chi connectivity index (χ3v) is 5.15. The van der Waals surface area contributed by atoms with Gasteiger partial charge in [-0.05, 0) is 12.1 Å². The molecule has 0 saturated heterocycles. The molecular weight excluding hydrogens is 311 g/mol. The van der Waals surface area contributed by atoms with Crippen molar-refractivity contribution in [2.75, 3.05) is 19.4 Å². The topological polar surface area (TPSA) is 50.7 Å². The highest BCUT2D eigenvalue weighted by atomic mass is 32.2. The van der Waals surface area contributed by atoms with E-state index >= 15 is 0 Å². The van der Waals surface area contributed by atoms with Gasteiger partial charge in [0.1, 0.15) is 5.82 Å². The summed E-state index contributed by atoms with van der Waals surface area (Å²) in [6.07, 6.45) is 0. The summed E-state index contributed by atoms with van der Waals surface area (Å²) in [4.78, 5) is 17.1. The number of carbonyl (C=O) groups excluding carboxylic acids is 1. The third kappa shape index (κ3) is 2.81. The van der Waals surface area contributed by atoms with Gasteiger partial charge in [-0.25, -0.2) is 4.39 Å². The summed E-state index contributed by atoms with van der Waals surface area (Å²) < 4.78 is 19.9. The minimum Gasteiger partial charge on any atom is -0.380 e. The van der Waals surface area contributed by atoms with E-state index in [0.29, 0.717) is 27.5 Å². The second-order valence-electron chi connectivity index (χ2n) is 4.45. The summed E-state index contributed by atoms with van der Waals surface area (Å²) in [6.45, 7) is 0.912. The smallest absolute Gasteiger partial charge is 0.267 e. The number of thiophene rings is 1. The predicted octanol–water partition coefficient (Wildman–Crippen LogP) is 3.02. The number of carbonyl (C=O) groups is 1. The van der Waals surface area contributed by atoms with Crippen molar-refractivity contribution in [2.24, 2.45) is 4.99 Å². The maximum Gasteiger partial charge on any atom is 0.267 e. The maximum atomic E-state index is 14.0. The Labute approximate surface area is 129 Å². The summed E-state index contributed by atoms with van der Waals surface area (Å²) in [7, 11) is 1.53. The van der Waals surface area contributed by atoms with Crippen LogP contribution in [0.2, 0.25) is 0 Å². The second-order valence-corrected chi connectivity index (χ2v) is 6.58. The molecule has 1 aliphatic rings. The van der Waals surface area contributed by atoms with E-state index in [2.05, 4.69) is 10.3 Å². The largest absolute Gasteiger partial charge is 0.380 e. The van der Waals surface area contributed by atoms with Crippen LogP contribution in [0.25, 0.3) is 10.1 Å². The molecule has 0 bridgehead atoms. The van der Waals surface area contributed by atoms with E-state index in [0.717, 1.165) is 10.5 Å². The lowest BCUT2D eigenvalue weighted by Gasteiger charge is -2.05. The average Bonchev–Trinajstić information content (AvgIpc) is 3.08. The molecule has 21 heavy (non-hydrogen) atoms. The molecule has 0 fully saturated rings. The lowest BCUT2D eigenvalue weighted by atomic mass is 10.1. The first-order valence-electron chi connectivity index (χ1n) is 6.38. The summed E-state index contributed by atoms with van der Waals surface area (Å²) in [6, 6.07) is 4.84. The van der Waals surface area contributed by atoms with Crippen molar-refractivity contribution in [1.29, 1.82) is 0 Å². The maximum absolute atomic E-state index is 14.0. The Morgan fingerprint density at radius 2 is 2.38 bits per heavy atom. The minimum absolute atomic E-state index is 0.198. The molecule has 1 aliphatic heterocycles. The van der Waals surface area contributed by atoms with E-state index in [9.17, 15) is 9.18 Å². The van der Waals surface area contributed by atoms with Crippen molar-refractivity contribution in [3.63, 3.8) is 0 Å². The van der Waals surface area contributed by atoms with Crippen LogP contribution >= 0.6 is 23.1 Å². The van der Waals surface area contributed by atoms with Crippen LogP contribution in [0.1, 0.15) is 15.2 Å². The number of amides is 1. The number of benzene rings is 1. The number of nitrogens with zero attached hydrogens (tertiary/aromatic N) is 1. The number of aliphatic imine (C=N–C) groups is 1. The molecule has 1 amide bonds. The molecule has 0 atom stereocenters. The van der Waals surface area contributed by atoms with Crippen LogP contribution in [-0.2, 0) is 11.3 Å². The van der Waals surface area contributed by atoms with E-state index in [1.807, 2.05) is 0 Å². The first kappa shape index (κ1) is 14.5. The van der Waals surface area contributed by atoms with Gasteiger partial charge in [-0.15, -0.1) is 11.3 Å². The molecule has 1 aromatic carbocycles. The van der Waals surface area contributed by atoms with Crippen molar-refractivity contribution in [2.45, 2.75) is 6.61 Å². The standard InChI is InChI=1S/C14H13FN2O2S2/c1-19-7-8-11-9(15)3-2-4-10(11)21-12(8)13(18)17-14-16-5-6-20-14/h2-4H,5-7H2,1H3,(H,16,17,18). The molecule has 0 unspecified atom stereocenters. The van der Waals surface area contributed by atoms with Crippen LogP contribution in [0, 0.1) is 5.82 Å². The van der Waals surface area contributed by atoms with Gasteiger partial charge in [0.15, 0.2) is 5.17 Å². The van der Waals surface area contributed by atoms with E-state index < -0.39 is 0 Å². The molecule has 110 valence electrons. The van der Waals surface area contributed by atoms with Crippen LogP contribution in [-0.4, -0.2) is 30.5 Å². The number of amidine groups is 1. The SMILES string of the molecule is COCc1c(C(=O)NC2=NCCS2)sc2cccc(F)c12. The highest BCUT2D eigenvalue weighted by Crippen LogP contribution is 2.33. The Bertz CT molecular complexity index is 727. The lowest BCUT2D eigenvalue weighted by Crippen LogP contribution is -2.27. The number of hydrogen-bond acceptors (Lipinski definition) is 5. The Hall–Kier alpha value is -1.44. The molecule has 4 nitrogen and oxygen atoms in total. The summed E-state index contributed by atoms with van der Waals surface area (Å²) in [5.41, 5.74) is 0.594. The number of hydrogen-bond donors (Lipinski definition) is 1. The van der Waals surface area contributed by atoms with Gasteiger partial charge in [-0.1, -0.05) is 17.8 Å². The quantitative estimate of drug-likeness (QED) is 0.944. The van der Waals surface area contributed by atoms with E-state index in [4.69, 9.17) is 4.74 Å². The zero-order valence-electron chi connectivity index (χ0n) is 11.3. The number of nitrogens with one attached hydrogen (secondary N) is 1. The van der Waals surface area contributed by atoms with Gasteiger partial charge in [0.2, 0.25) is 0 Å². The fraction of sp³-hybridized carbons (Fsp3) is 0.286. The van der Waals surface area contributed by atoms with Gasteiger partial charge < -0.3 is 10.1 Å². The van der Waals surface area contributed by atoms with Gasteiger partial charge in [-0.2, -0.15) is 0 Å². The fourth-order valence-corrected chi connectivity index (χ4v) is 4.04. The number of rotatable bonds is 3. The van der Waals surface area contributed by atoms with Gasteiger partial charge in [0.25, 0.3) is 5.91 Å². The van der Waals surface area contributed by atoms with Gasteiger partial charge in [0, 0.05) is 28.5 Å². The fourth-order valence-electron chi connectivity index (χ4n) is 2.20. The summed E-state index contributed by atoms with van der Waals surface area (Å²) in [5.74, 6) is 0.292. The summed E-state index contributed by atoms with van der Waals surface area (Å²) in [5, 5.41) is 3.88. The van der Waals surface area contributed by atoms with Gasteiger partial charge >= 0.3 is 0 Å². The van der Waals surface area contributed by atoms with Crippen LogP contribution in [0.5, 0.6) is 0 Å². The minimum atomic E-state index is -0.331. The average molecular weight is 324 g/mol. The van der Waals surface area contributed by atoms with E-state index in [-0.39, 0.29) is 18.3 Å². The zero-order chi connectivity index (χ0) is 14.8. The van der Waals surface area contributed by atoms with Crippen molar-refractivity contribution in [3.05, 3.63) is 34.5 Å². The molecule has 0 spiro atoms. The zero-order valence-corrected chi connectivity index (χ0v) is 12.9. The molecule has 2 aromatic rings. The molecule has 1 N–H and O–H groups in total. The van der Waals surface area contributed by atoms with Crippen LogP contribution in [0.15, 0.2) is 23.2 Å². The molecule has 2 heterocycles. The lowest BCUT2D eigenvalue weighted by molar-refractivity contribution is 0.0977. The number of methoxy groups -OCH3 is 1. The van der Waals surface area contributed by atoms with Crippen LogP contribution < -0.4 is 5.32 Å². The van der Waals surface area contributed by atoms with Gasteiger partial charge in [-0.3, -0.25) is 9.79 Å². The normalized spacial score (nSPS) is 14.5. The van der Waals surface area contributed by atoms with E-state index in [1.54, 1.807) is 12.1 Å². The molecule has 0 aliphatic carbocycles. The van der Waals surface area contributed by atoms with Crippen molar-refractivity contribution in [3.8, 4) is 0 Å². The molecule has 7 heteroatoms. The Balaban J connectivity index is 2.02. The van der Waals surface area contributed by atoms with Crippen molar-refractivity contribution < 1.29 is 13.9 Å². The molecule has 0 radical (unpaired) electrons. The highest BCUT2D eigenvalue weighted by molar-refractivity contribution is 8.14. The van der Waals surface area contributed by atoms with Crippen molar-refractivity contribution >= 4 is 44.3 Å².